The number of carbonyl (C=O) groups is 1. The van der Waals surface area contributed by atoms with Crippen LogP contribution >= 0.6 is 0 Å². The zero-order valence-corrected chi connectivity index (χ0v) is 17.3. The maximum absolute atomic E-state index is 12.6. The summed E-state index contributed by atoms with van der Waals surface area (Å²) in [4.78, 5) is 15.6. The first-order valence-electron chi connectivity index (χ1n) is 9.21. The molecule has 2 aromatic carbocycles. The molecule has 29 heavy (non-hydrogen) atoms. The van der Waals surface area contributed by atoms with Gasteiger partial charge in [0.15, 0.2) is 11.5 Å². The lowest BCUT2D eigenvalue weighted by Crippen LogP contribution is -2.30. The number of ether oxygens (including phenoxy) is 2. The van der Waals surface area contributed by atoms with Crippen molar-refractivity contribution in [2.75, 3.05) is 21.3 Å². The van der Waals surface area contributed by atoms with Gasteiger partial charge in [-0.2, -0.15) is 4.80 Å². The Kier molecular flexibility index (Phi) is 6.11. The molecule has 0 spiro atoms. The predicted molar refractivity (Wildman–Crippen MR) is 109 cm³/mol. The summed E-state index contributed by atoms with van der Waals surface area (Å²) in [7, 11) is 4.94. The van der Waals surface area contributed by atoms with Crippen LogP contribution in [0.3, 0.4) is 0 Å². The number of methoxy groups -OCH3 is 2. The van der Waals surface area contributed by atoms with Crippen LogP contribution in [-0.2, 0) is 17.9 Å². The number of rotatable bonds is 7. The maximum atomic E-state index is 12.6. The molecule has 0 saturated heterocycles. The summed E-state index contributed by atoms with van der Waals surface area (Å²) in [6, 6.07) is 11.6. The second-order valence-electron chi connectivity index (χ2n) is 6.89. The molecule has 152 valence electrons. The minimum atomic E-state index is -0.118. The SMILES string of the molecule is COc1cc(C)c(CN(C)C(=O)Cn2nnc(-c3ccc(C)cc3)n2)cc1OC. The van der Waals surface area contributed by atoms with Crippen LogP contribution in [0.25, 0.3) is 11.4 Å². The third-order valence-corrected chi connectivity index (χ3v) is 4.71. The number of carbonyl (C=O) groups excluding carboxylic acids is 1. The number of aromatic nitrogens is 4. The summed E-state index contributed by atoms with van der Waals surface area (Å²) in [5.41, 5.74) is 4.01. The van der Waals surface area contributed by atoms with Crippen molar-refractivity contribution in [3.05, 3.63) is 53.1 Å². The number of tetrazole rings is 1. The molecule has 0 aliphatic carbocycles. The van der Waals surface area contributed by atoms with E-state index in [9.17, 15) is 4.79 Å². The van der Waals surface area contributed by atoms with Crippen LogP contribution in [-0.4, -0.2) is 52.3 Å². The minimum Gasteiger partial charge on any atom is -0.493 e. The molecular weight excluding hydrogens is 370 g/mol. The van der Waals surface area contributed by atoms with E-state index >= 15 is 0 Å². The molecule has 8 nitrogen and oxygen atoms in total. The van der Waals surface area contributed by atoms with Gasteiger partial charge < -0.3 is 14.4 Å². The Balaban J connectivity index is 1.68. The zero-order valence-electron chi connectivity index (χ0n) is 17.3. The van der Waals surface area contributed by atoms with E-state index < -0.39 is 0 Å². The Bertz CT molecular complexity index is 998. The quantitative estimate of drug-likeness (QED) is 0.612. The second kappa shape index (κ2) is 8.72. The fraction of sp³-hybridized carbons (Fsp3) is 0.333. The first-order chi connectivity index (χ1) is 13.9. The van der Waals surface area contributed by atoms with Gasteiger partial charge in [-0.3, -0.25) is 4.79 Å². The average Bonchev–Trinajstić information content (AvgIpc) is 3.17. The molecule has 1 aromatic heterocycles. The van der Waals surface area contributed by atoms with Gasteiger partial charge in [-0.1, -0.05) is 29.8 Å². The fourth-order valence-corrected chi connectivity index (χ4v) is 2.91. The number of nitrogens with zero attached hydrogens (tertiary/aromatic N) is 5. The molecule has 0 aliphatic heterocycles. The molecule has 0 unspecified atom stereocenters. The Labute approximate surface area is 170 Å². The van der Waals surface area contributed by atoms with Gasteiger partial charge in [0.2, 0.25) is 11.7 Å². The van der Waals surface area contributed by atoms with Crippen molar-refractivity contribution >= 4 is 5.91 Å². The van der Waals surface area contributed by atoms with Crippen molar-refractivity contribution in [2.24, 2.45) is 0 Å². The summed E-state index contributed by atoms with van der Waals surface area (Å²) in [5.74, 6) is 1.68. The van der Waals surface area contributed by atoms with Gasteiger partial charge in [-0.05, 0) is 42.3 Å². The van der Waals surface area contributed by atoms with E-state index in [2.05, 4.69) is 15.4 Å². The maximum Gasteiger partial charge on any atom is 0.246 e. The summed E-state index contributed by atoms with van der Waals surface area (Å²) in [6.45, 7) is 4.44. The first kappa shape index (κ1) is 20.3. The van der Waals surface area contributed by atoms with E-state index in [4.69, 9.17) is 9.47 Å². The Morgan fingerprint density at radius 1 is 1.07 bits per heavy atom. The van der Waals surface area contributed by atoms with Gasteiger partial charge in [0.05, 0.1) is 14.2 Å². The first-order valence-corrected chi connectivity index (χ1v) is 9.21. The highest BCUT2D eigenvalue weighted by molar-refractivity contribution is 5.75. The van der Waals surface area contributed by atoms with Crippen LogP contribution < -0.4 is 9.47 Å². The van der Waals surface area contributed by atoms with Gasteiger partial charge in [0.25, 0.3) is 0 Å². The lowest BCUT2D eigenvalue weighted by Gasteiger charge is -2.19. The lowest BCUT2D eigenvalue weighted by atomic mass is 10.1. The van der Waals surface area contributed by atoms with Gasteiger partial charge in [-0.25, -0.2) is 0 Å². The molecule has 0 atom stereocenters. The van der Waals surface area contributed by atoms with Crippen molar-refractivity contribution < 1.29 is 14.3 Å². The molecule has 8 heteroatoms. The van der Waals surface area contributed by atoms with Crippen molar-refractivity contribution in [3.63, 3.8) is 0 Å². The highest BCUT2D eigenvalue weighted by Gasteiger charge is 2.16. The Morgan fingerprint density at radius 2 is 1.72 bits per heavy atom. The minimum absolute atomic E-state index is 0.0156. The fourth-order valence-electron chi connectivity index (χ4n) is 2.91. The molecule has 0 saturated carbocycles. The molecular formula is C21H25N5O3. The number of amides is 1. The van der Waals surface area contributed by atoms with Gasteiger partial charge >= 0.3 is 0 Å². The zero-order chi connectivity index (χ0) is 21.0. The number of likely N-dealkylation sites (N-methyl/N-ethyl adjacent to an activating group) is 1. The van der Waals surface area contributed by atoms with E-state index in [0.717, 1.165) is 22.3 Å². The summed E-state index contributed by atoms with van der Waals surface area (Å²) in [5, 5.41) is 12.4. The van der Waals surface area contributed by atoms with E-state index in [1.165, 1.54) is 4.80 Å². The van der Waals surface area contributed by atoms with Crippen LogP contribution in [0.4, 0.5) is 0 Å². The number of hydrogen-bond acceptors (Lipinski definition) is 6. The van der Waals surface area contributed by atoms with Crippen molar-refractivity contribution in [1.82, 2.24) is 25.1 Å². The molecule has 0 radical (unpaired) electrons. The standard InChI is InChI=1S/C21H25N5O3/c1-14-6-8-16(9-7-14)21-22-24-26(23-21)13-20(27)25(3)12-17-11-19(29-5)18(28-4)10-15(17)2/h6-11H,12-13H2,1-5H3. The second-order valence-corrected chi connectivity index (χ2v) is 6.89. The normalized spacial score (nSPS) is 10.7. The lowest BCUT2D eigenvalue weighted by molar-refractivity contribution is -0.131. The summed E-state index contributed by atoms with van der Waals surface area (Å²) >= 11 is 0. The predicted octanol–water partition coefficient (Wildman–Crippen LogP) is 2.63. The molecule has 3 rings (SSSR count). The molecule has 0 bridgehead atoms. The van der Waals surface area contributed by atoms with E-state index in [1.54, 1.807) is 26.2 Å². The van der Waals surface area contributed by atoms with Crippen LogP contribution in [0, 0.1) is 13.8 Å². The molecule has 3 aromatic rings. The van der Waals surface area contributed by atoms with Gasteiger partial charge in [-0.15, -0.1) is 10.2 Å². The molecule has 0 N–H and O–H groups in total. The third-order valence-electron chi connectivity index (χ3n) is 4.71. The van der Waals surface area contributed by atoms with Crippen LogP contribution in [0.5, 0.6) is 11.5 Å². The monoisotopic (exact) mass is 395 g/mol. The number of hydrogen-bond donors (Lipinski definition) is 0. The third kappa shape index (κ3) is 4.71. The molecule has 0 aliphatic rings. The topological polar surface area (TPSA) is 82.4 Å². The van der Waals surface area contributed by atoms with Gasteiger partial charge in [0, 0.05) is 19.2 Å². The van der Waals surface area contributed by atoms with E-state index in [0.29, 0.717) is 23.9 Å². The van der Waals surface area contributed by atoms with E-state index in [1.807, 2.05) is 50.2 Å². The van der Waals surface area contributed by atoms with Gasteiger partial charge in [0.1, 0.15) is 6.54 Å². The largest absolute Gasteiger partial charge is 0.493 e. The summed E-state index contributed by atoms with van der Waals surface area (Å²) < 4.78 is 10.7. The van der Waals surface area contributed by atoms with Crippen molar-refractivity contribution in [1.29, 1.82) is 0 Å². The Hall–Kier alpha value is -3.42. The van der Waals surface area contributed by atoms with E-state index in [-0.39, 0.29) is 12.5 Å². The number of benzene rings is 2. The van der Waals surface area contributed by atoms with Crippen LogP contribution in [0.2, 0.25) is 0 Å². The van der Waals surface area contributed by atoms with Crippen LogP contribution in [0.15, 0.2) is 36.4 Å². The van der Waals surface area contributed by atoms with Crippen LogP contribution in [0.1, 0.15) is 16.7 Å². The highest BCUT2D eigenvalue weighted by atomic mass is 16.5. The van der Waals surface area contributed by atoms with Crippen molar-refractivity contribution in [2.45, 2.75) is 26.9 Å². The smallest absolute Gasteiger partial charge is 0.246 e. The molecule has 0 fully saturated rings. The summed E-state index contributed by atoms with van der Waals surface area (Å²) in [6.07, 6.45) is 0. The highest BCUT2D eigenvalue weighted by Crippen LogP contribution is 2.30. The number of aryl methyl sites for hydroxylation is 2. The van der Waals surface area contributed by atoms with Crippen molar-refractivity contribution in [3.8, 4) is 22.9 Å². The molecule has 1 heterocycles. The molecule has 1 amide bonds. The Morgan fingerprint density at radius 3 is 2.38 bits per heavy atom. The average molecular weight is 395 g/mol.